The first-order valence-electron chi connectivity index (χ1n) is 7.43. The predicted octanol–water partition coefficient (Wildman–Crippen LogP) is 3.59. The van der Waals surface area contributed by atoms with Crippen molar-refractivity contribution < 1.29 is 4.74 Å². The molecule has 0 amide bonds. The summed E-state index contributed by atoms with van der Waals surface area (Å²) >= 11 is 12.2. The molecule has 0 atom stereocenters. The van der Waals surface area contributed by atoms with Gasteiger partial charge in [0.25, 0.3) is 5.95 Å². The molecule has 9 heteroatoms. The molecule has 0 aliphatic heterocycles. The van der Waals surface area contributed by atoms with Crippen molar-refractivity contribution in [3.8, 4) is 11.7 Å². The highest BCUT2D eigenvalue weighted by Crippen LogP contribution is 2.31. The van der Waals surface area contributed by atoms with Gasteiger partial charge in [-0.3, -0.25) is 0 Å². The molecule has 0 N–H and O–H groups in total. The fourth-order valence-electron chi connectivity index (χ4n) is 2.46. The van der Waals surface area contributed by atoms with Gasteiger partial charge in [0, 0.05) is 16.3 Å². The number of hydrogen-bond donors (Lipinski definition) is 0. The van der Waals surface area contributed by atoms with E-state index in [0.717, 1.165) is 11.4 Å². The SMILES string of the molecule is COc1c(Cl)cc(Cl)cc1/C=N\n1c(C)nnc1-n1nc(C)cc1C. The van der Waals surface area contributed by atoms with Gasteiger partial charge >= 0.3 is 0 Å². The third-order valence-corrected chi connectivity index (χ3v) is 4.03. The summed E-state index contributed by atoms with van der Waals surface area (Å²) in [7, 11) is 1.54. The number of benzene rings is 1. The molecule has 25 heavy (non-hydrogen) atoms. The molecular weight excluding hydrogens is 363 g/mol. The average molecular weight is 379 g/mol. The molecule has 1 aromatic carbocycles. The maximum absolute atomic E-state index is 6.16. The van der Waals surface area contributed by atoms with E-state index in [0.29, 0.717) is 33.1 Å². The summed E-state index contributed by atoms with van der Waals surface area (Å²) in [5.41, 5.74) is 2.47. The van der Waals surface area contributed by atoms with Crippen LogP contribution in [-0.4, -0.2) is 38.0 Å². The molecule has 0 saturated carbocycles. The highest BCUT2D eigenvalue weighted by molar-refractivity contribution is 6.36. The molecule has 0 aliphatic rings. The van der Waals surface area contributed by atoms with E-state index in [1.807, 2.05) is 26.8 Å². The molecule has 7 nitrogen and oxygen atoms in total. The number of aryl methyl sites for hydroxylation is 3. The Labute approximate surface area is 154 Å². The molecule has 0 bridgehead atoms. The molecule has 0 aliphatic carbocycles. The van der Waals surface area contributed by atoms with Crippen molar-refractivity contribution in [2.75, 3.05) is 7.11 Å². The Hall–Kier alpha value is -2.38. The first-order valence-corrected chi connectivity index (χ1v) is 8.19. The quantitative estimate of drug-likeness (QED) is 0.650. The van der Waals surface area contributed by atoms with Gasteiger partial charge in [0.1, 0.15) is 5.75 Å². The van der Waals surface area contributed by atoms with Gasteiger partial charge < -0.3 is 4.74 Å². The van der Waals surface area contributed by atoms with E-state index in [4.69, 9.17) is 27.9 Å². The summed E-state index contributed by atoms with van der Waals surface area (Å²) in [6, 6.07) is 5.29. The summed E-state index contributed by atoms with van der Waals surface area (Å²) in [5.74, 6) is 1.60. The summed E-state index contributed by atoms with van der Waals surface area (Å²) in [6.45, 7) is 5.67. The maximum atomic E-state index is 6.16. The Bertz CT molecular complexity index is 960. The Morgan fingerprint density at radius 2 is 1.88 bits per heavy atom. The molecule has 3 rings (SSSR count). The topological polar surface area (TPSA) is 70.1 Å². The maximum Gasteiger partial charge on any atom is 0.273 e. The van der Waals surface area contributed by atoms with Crippen LogP contribution in [0.1, 0.15) is 22.8 Å². The van der Waals surface area contributed by atoms with Gasteiger partial charge in [0.15, 0.2) is 5.82 Å². The van der Waals surface area contributed by atoms with Crippen LogP contribution in [0.3, 0.4) is 0 Å². The van der Waals surface area contributed by atoms with Crippen LogP contribution in [-0.2, 0) is 0 Å². The minimum Gasteiger partial charge on any atom is -0.495 e. The van der Waals surface area contributed by atoms with E-state index < -0.39 is 0 Å². The zero-order valence-corrected chi connectivity index (χ0v) is 15.7. The third-order valence-electron chi connectivity index (χ3n) is 3.53. The molecule has 0 spiro atoms. The van der Waals surface area contributed by atoms with Crippen LogP contribution in [0.5, 0.6) is 5.75 Å². The fraction of sp³-hybridized carbons (Fsp3) is 0.250. The largest absolute Gasteiger partial charge is 0.495 e. The lowest BCUT2D eigenvalue weighted by Crippen LogP contribution is -2.08. The highest BCUT2D eigenvalue weighted by Gasteiger charge is 2.14. The Morgan fingerprint density at radius 3 is 2.52 bits per heavy atom. The van der Waals surface area contributed by atoms with Crippen LogP contribution in [0.15, 0.2) is 23.3 Å². The van der Waals surface area contributed by atoms with Crippen molar-refractivity contribution in [2.45, 2.75) is 20.8 Å². The van der Waals surface area contributed by atoms with Crippen LogP contribution in [0.25, 0.3) is 5.95 Å². The van der Waals surface area contributed by atoms with Gasteiger partial charge in [-0.05, 0) is 39.0 Å². The van der Waals surface area contributed by atoms with E-state index >= 15 is 0 Å². The van der Waals surface area contributed by atoms with E-state index in [1.54, 1.807) is 27.7 Å². The van der Waals surface area contributed by atoms with Crippen molar-refractivity contribution in [1.29, 1.82) is 0 Å². The molecule has 0 saturated heterocycles. The number of hydrogen-bond acceptors (Lipinski definition) is 5. The lowest BCUT2D eigenvalue weighted by Gasteiger charge is -2.08. The van der Waals surface area contributed by atoms with E-state index in [-0.39, 0.29) is 0 Å². The second kappa shape index (κ2) is 6.85. The molecule has 0 fully saturated rings. The van der Waals surface area contributed by atoms with Crippen molar-refractivity contribution >= 4 is 29.4 Å². The zero-order valence-electron chi connectivity index (χ0n) is 14.2. The van der Waals surface area contributed by atoms with E-state index in [2.05, 4.69) is 20.4 Å². The van der Waals surface area contributed by atoms with Crippen LogP contribution in [0.2, 0.25) is 10.0 Å². The lowest BCUT2D eigenvalue weighted by atomic mass is 10.2. The van der Waals surface area contributed by atoms with Crippen LogP contribution in [0, 0.1) is 20.8 Å². The van der Waals surface area contributed by atoms with Gasteiger partial charge in [-0.2, -0.15) is 14.9 Å². The number of ether oxygens (including phenoxy) is 1. The summed E-state index contributed by atoms with van der Waals surface area (Å²) in [5, 5.41) is 18.0. The molecule has 2 aromatic heterocycles. The number of rotatable bonds is 4. The average Bonchev–Trinajstić information content (AvgIpc) is 3.06. The van der Waals surface area contributed by atoms with E-state index in [9.17, 15) is 0 Å². The normalized spacial score (nSPS) is 11.4. The molecular formula is C16H16Cl2N6O. The van der Waals surface area contributed by atoms with Gasteiger partial charge in [-0.1, -0.05) is 23.2 Å². The summed E-state index contributed by atoms with van der Waals surface area (Å²) in [4.78, 5) is 0. The molecule has 130 valence electrons. The predicted molar refractivity (Wildman–Crippen MR) is 97.4 cm³/mol. The molecule has 3 aromatic rings. The van der Waals surface area contributed by atoms with Crippen LogP contribution in [0.4, 0.5) is 0 Å². The standard InChI is InChI=1S/C16H16Cl2N6O/c1-9-5-10(2)23(22-9)16-21-20-11(3)24(16)19-8-12-6-13(17)7-14(18)15(12)25-4/h5-8H,1-4H3/b19-8-. The zero-order chi connectivity index (χ0) is 18.1. The Kier molecular flexibility index (Phi) is 4.78. The van der Waals surface area contributed by atoms with Crippen LogP contribution >= 0.6 is 23.2 Å². The Morgan fingerprint density at radius 1 is 1.12 bits per heavy atom. The van der Waals surface area contributed by atoms with E-state index in [1.165, 1.54) is 7.11 Å². The monoisotopic (exact) mass is 378 g/mol. The molecule has 0 radical (unpaired) electrons. The first-order chi connectivity index (χ1) is 11.9. The minimum atomic E-state index is 0.413. The third kappa shape index (κ3) is 3.38. The molecule has 2 heterocycles. The highest BCUT2D eigenvalue weighted by atomic mass is 35.5. The first kappa shape index (κ1) is 17.4. The van der Waals surface area contributed by atoms with Crippen molar-refractivity contribution in [3.63, 3.8) is 0 Å². The van der Waals surface area contributed by atoms with Crippen LogP contribution < -0.4 is 4.74 Å². The number of aromatic nitrogens is 5. The number of nitrogens with zero attached hydrogens (tertiary/aromatic N) is 6. The lowest BCUT2D eigenvalue weighted by molar-refractivity contribution is 0.414. The van der Waals surface area contributed by atoms with Crippen molar-refractivity contribution in [2.24, 2.45) is 5.10 Å². The Balaban J connectivity index is 2.07. The fourth-order valence-corrected chi connectivity index (χ4v) is 3.04. The van der Waals surface area contributed by atoms with Gasteiger partial charge in [0.2, 0.25) is 0 Å². The summed E-state index contributed by atoms with van der Waals surface area (Å²) in [6.07, 6.45) is 1.60. The van der Waals surface area contributed by atoms with Gasteiger partial charge in [-0.15, -0.1) is 10.2 Å². The number of methoxy groups -OCH3 is 1. The van der Waals surface area contributed by atoms with Gasteiger partial charge in [0.05, 0.1) is 24.0 Å². The second-order valence-corrected chi connectivity index (χ2v) is 6.30. The summed E-state index contributed by atoms with van der Waals surface area (Å²) < 4.78 is 8.61. The number of halogens is 2. The second-order valence-electron chi connectivity index (χ2n) is 5.45. The minimum absolute atomic E-state index is 0.413. The van der Waals surface area contributed by atoms with Crippen molar-refractivity contribution in [1.82, 2.24) is 24.7 Å². The van der Waals surface area contributed by atoms with Gasteiger partial charge in [-0.25, -0.2) is 4.68 Å². The van der Waals surface area contributed by atoms with Crippen molar-refractivity contribution in [3.05, 3.63) is 51.0 Å². The molecule has 0 unspecified atom stereocenters. The smallest absolute Gasteiger partial charge is 0.273 e.